The molecule has 1 saturated carbocycles. The number of nitrogens with two attached hydrogens (primary N) is 1. The zero-order valence-electron chi connectivity index (χ0n) is 9.60. The highest BCUT2D eigenvalue weighted by molar-refractivity contribution is 5.84. The number of nitrogen functional groups attached to an aromatic ring is 1. The molecule has 1 aliphatic rings. The van der Waals surface area contributed by atoms with Crippen LogP contribution in [0.4, 0.5) is 5.95 Å². The smallest absolute Gasteiger partial charge is 0.226 e. The number of hydrogen-bond donors (Lipinski definition) is 1. The molecule has 4 heteroatoms. The Hall–Kier alpha value is -1.84. The molecule has 0 aliphatic heterocycles. The van der Waals surface area contributed by atoms with Crippen molar-refractivity contribution < 1.29 is 4.74 Å². The minimum Gasteiger partial charge on any atom is -0.474 e. The van der Waals surface area contributed by atoms with Crippen LogP contribution >= 0.6 is 0 Å². The number of fused-ring (bicyclic) bond motifs is 1. The summed E-state index contributed by atoms with van der Waals surface area (Å²) in [5.74, 6) is 0.900. The van der Waals surface area contributed by atoms with E-state index in [0.717, 1.165) is 23.7 Å². The molecule has 0 spiro atoms. The summed E-state index contributed by atoms with van der Waals surface area (Å²) in [5.41, 5.74) is 6.54. The fourth-order valence-electron chi connectivity index (χ4n) is 2.32. The van der Waals surface area contributed by atoms with Gasteiger partial charge in [0.1, 0.15) is 6.10 Å². The van der Waals surface area contributed by atoms with Crippen molar-refractivity contribution in [2.45, 2.75) is 31.8 Å². The van der Waals surface area contributed by atoms with Crippen molar-refractivity contribution in [3.8, 4) is 5.88 Å². The molecule has 0 radical (unpaired) electrons. The molecule has 2 N–H and O–H groups in total. The van der Waals surface area contributed by atoms with Gasteiger partial charge < -0.3 is 10.5 Å². The van der Waals surface area contributed by atoms with E-state index in [1.165, 1.54) is 12.8 Å². The van der Waals surface area contributed by atoms with E-state index in [2.05, 4.69) is 9.97 Å². The number of benzene rings is 1. The highest BCUT2D eigenvalue weighted by Crippen LogP contribution is 2.28. The number of para-hydroxylation sites is 1. The molecular formula is C13H15N3O. The van der Waals surface area contributed by atoms with Crippen molar-refractivity contribution in [2.24, 2.45) is 0 Å². The predicted molar refractivity (Wildman–Crippen MR) is 66.8 cm³/mol. The van der Waals surface area contributed by atoms with Gasteiger partial charge in [-0.05, 0) is 37.8 Å². The normalized spacial score (nSPS) is 16.5. The fourth-order valence-corrected chi connectivity index (χ4v) is 2.32. The molecule has 1 aliphatic carbocycles. The van der Waals surface area contributed by atoms with E-state index >= 15 is 0 Å². The Morgan fingerprint density at radius 2 is 1.88 bits per heavy atom. The highest BCUT2D eigenvalue weighted by atomic mass is 16.5. The Morgan fingerprint density at radius 3 is 2.71 bits per heavy atom. The Labute approximate surface area is 99.8 Å². The summed E-state index contributed by atoms with van der Waals surface area (Å²) in [6.45, 7) is 0. The maximum absolute atomic E-state index is 5.94. The number of anilines is 1. The van der Waals surface area contributed by atoms with Crippen molar-refractivity contribution in [1.82, 2.24) is 9.97 Å². The predicted octanol–water partition coefficient (Wildman–Crippen LogP) is 2.53. The number of aromatic nitrogens is 2. The molecule has 0 atom stereocenters. The van der Waals surface area contributed by atoms with Crippen LogP contribution in [-0.4, -0.2) is 16.1 Å². The minimum atomic E-state index is 0.275. The van der Waals surface area contributed by atoms with E-state index in [1.807, 2.05) is 24.3 Å². The largest absolute Gasteiger partial charge is 0.474 e. The summed E-state index contributed by atoms with van der Waals surface area (Å²) in [5, 5.41) is 0.939. The van der Waals surface area contributed by atoms with Gasteiger partial charge in [0, 0.05) is 0 Å². The lowest BCUT2D eigenvalue weighted by atomic mass is 10.2. The molecule has 88 valence electrons. The van der Waals surface area contributed by atoms with Crippen molar-refractivity contribution in [2.75, 3.05) is 5.73 Å². The summed E-state index contributed by atoms with van der Waals surface area (Å²) in [6.07, 6.45) is 4.98. The molecule has 1 aromatic heterocycles. The van der Waals surface area contributed by atoms with Gasteiger partial charge in [-0.2, -0.15) is 4.98 Å². The fraction of sp³-hybridized carbons (Fsp3) is 0.385. The first-order chi connectivity index (χ1) is 8.33. The summed E-state index contributed by atoms with van der Waals surface area (Å²) in [6, 6.07) is 7.80. The second kappa shape index (κ2) is 4.20. The molecule has 17 heavy (non-hydrogen) atoms. The number of hydrogen-bond acceptors (Lipinski definition) is 4. The van der Waals surface area contributed by atoms with E-state index in [9.17, 15) is 0 Å². The van der Waals surface area contributed by atoms with Gasteiger partial charge in [-0.1, -0.05) is 12.1 Å². The van der Waals surface area contributed by atoms with Crippen LogP contribution in [0.1, 0.15) is 25.7 Å². The first-order valence-corrected chi connectivity index (χ1v) is 6.02. The highest BCUT2D eigenvalue weighted by Gasteiger charge is 2.18. The molecule has 1 heterocycles. The second-order valence-electron chi connectivity index (χ2n) is 4.43. The summed E-state index contributed by atoms with van der Waals surface area (Å²) < 4.78 is 5.94. The van der Waals surface area contributed by atoms with E-state index in [1.54, 1.807) is 0 Å². The Bertz CT molecular complexity index is 535. The molecule has 0 unspecified atom stereocenters. The molecular weight excluding hydrogens is 214 g/mol. The Morgan fingerprint density at radius 1 is 1.12 bits per heavy atom. The number of nitrogens with zero attached hydrogens (tertiary/aromatic N) is 2. The van der Waals surface area contributed by atoms with Crippen LogP contribution < -0.4 is 10.5 Å². The van der Waals surface area contributed by atoms with Crippen LogP contribution in [0.25, 0.3) is 10.9 Å². The van der Waals surface area contributed by atoms with Crippen molar-refractivity contribution >= 4 is 16.9 Å². The van der Waals surface area contributed by atoms with Gasteiger partial charge in [-0.3, -0.25) is 0 Å². The van der Waals surface area contributed by atoms with E-state index in [4.69, 9.17) is 10.5 Å². The third-order valence-electron chi connectivity index (χ3n) is 3.17. The molecule has 1 fully saturated rings. The molecule has 0 saturated heterocycles. The van der Waals surface area contributed by atoms with E-state index < -0.39 is 0 Å². The SMILES string of the molecule is Nc1nc(OC2CCCC2)c2ccccc2n1. The first kappa shape index (κ1) is 10.3. The molecule has 4 nitrogen and oxygen atoms in total. The third kappa shape index (κ3) is 2.02. The topological polar surface area (TPSA) is 61.0 Å². The summed E-state index contributed by atoms with van der Waals surface area (Å²) >= 11 is 0. The van der Waals surface area contributed by atoms with Crippen molar-refractivity contribution in [3.05, 3.63) is 24.3 Å². The van der Waals surface area contributed by atoms with Crippen LogP contribution in [0.2, 0.25) is 0 Å². The van der Waals surface area contributed by atoms with Crippen LogP contribution in [0.3, 0.4) is 0 Å². The van der Waals surface area contributed by atoms with Crippen LogP contribution in [-0.2, 0) is 0 Å². The van der Waals surface area contributed by atoms with Gasteiger partial charge in [-0.25, -0.2) is 4.98 Å². The van der Waals surface area contributed by atoms with Gasteiger partial charge in [0.05, 0.1) is 10.9 Å². The molecule has 1 aromatic carbocycles. The van der Waals surface area contributed by atoms with Crippen molar-refractivity contribution in [1.29, 1.82) is 0 Å². The monoisotopic (exact) mass is 229 g/mol. The lowest BCUT2D eigenvalue weighted by Gasteiger charge is -2.13. The molecule has 2 aromatic rings. The van der Waals surface area contributed by atoms with Gasteiger partial charge in [0.2, 0.25) is 11.8 Å². The lowest BCUT2D eigenvalue weighted by molar-refractivity contribution is 0.204. The van der Waals surface area contributed by atoms with E-state index in [-0.39, 0.29) is 12.1 Å². The first-order valence-electron chi connectivity index (χ1n) is 6.02. The number of ether oxygens (including phenoxy) is 1. The van der Waals surface area contributed by atoms with Crippen LogP contribution in [0.15, 0.2) is 24.3 Å². The Balaban J connectivity index is 2.01. The maximum atomic E-state index is 5.94. The molecule has 3 rings (SSSR count). The van der Waals surface area contributed by atoms with E-state index in [0.29, 0.717) is 5.88 Å². The van der Waals surface area contributed by atoms with Crippen LogP contribution in [0.5, 0.6) is 5.88 Å². The molecule has 0 bridgehead atoms. The Kier molecular flexibility index (Phi) is 2.55. The summed E-state index contributed by atoms with van der Waals surface area (Å²) in [4.78, 5) is 8.41. The zero-order chi connectivity index (χ0) is 11.7. The third-order valence-corrected chi connectivity index (χ3v) is 3.17. The maximum Gasteiger partial charge on any atom is 0.226 e. The molecule has 0 amide bonds. The van der Waals surface area contributed by atoms with Gasteiger partial charge >= 0.3 is 0 Å². The zero-order valence-corrected chi connectivity index (χ0v) is 9.60. The van der Waals surface area contributed by atoms with Crippen LogP contribution in [0, 0.1) is 0 Å². The van der Waals surface area contributed by atoms with Crippen molar-refractivity contribution in [3.63, 3.8) is 0 Å². The van der Waals surface area contributed by atoms with Gasteiger partial charge in [-0.15, -0.1) is 0 Å². The van der Waals surface area contributed by atoms with Gasteiger partial charge in [0.25, 0.3) is 0 Å². The summed E-state index contributed by atoms with van der Waals surface area (Å²) in [7, 11) is 0. The number of rotatable bonds is 2. The average molecular weight is 229 g/mol. The quantitative estimate of drug-likeness (QED) is 0.859. The van der Waals surface area contributed by atoms with Gasteiger partial charge in [0.15, 0.2) is 0 Å². The average Bonchev–Trinajstić information content (AvgIpc) is 2.81. The standard InChI is InChI=1S/C13H15N3O/c14-13-15-11-8-4-3-7-10(11)12(16-13)17-9-5-1-2-6-9/h3-4,7-9H,1-2,5-6H2,(H2,14,15,16). The minimum absolute atomic E-state index is 0.275. The second-order valence-corrected chi connectivity index (χ2v) is 4.43. The lowest BCUT2D eigenvalue weighted by Crippen LogP contribution is -2.13.